The summed E-state index contributed by atoms with van der Waals surface area (Å²) in [5.41, 5.74) is 1.18. The lowest BCUT2D eigenvalue weighted by atomic mass is 9.88. The zero-order chi connectivity index (χ0) is 26.0. The lowest BCUT2D eigenvalue weighted by Crippen LogP contribution is -2.62. The molecule has 2 aliphatic rings. The van der Waals surface area contributed by atoms with E-state index in [0.29, 0.717) is 19.4 Å². The first-order valence-corrected chi connectivity index (χ1v) is 12.5. The number of amides is 1. The third-order valence-electron chi connectivity index (χ3n) is 7.61. The van der Waals surface area contributed by atoms with E-state index in [1.165, 1.54) is 12.1 Å². The Balaban J connectivity index is 1.36. The Morgan fingerprint density at radius 2 is 1.59 bits per heavy atom. The molecule has 3 aromatic carbocycles. The van der Waals surface area contributed by atoms with Crippen molar-refractivity contribution >= 4 is 11.9 Å². The smallest absolute Gasteiger partial charge is 0.331 e. The summed E-state index contributed by atoms with van der Waals surface area (Å²) in [6.07, 6.45) is 0.953. The van der Waals surface area contributed by atoms with Gasteiger partial charge >= 0.3 is 5.97 Å². The molecule has 0 saturated carbocycles. The minimum Gasteiger partial charge on any atom is -0.479 e. The highest BCUT2D eigenvalue weighted by atomic mass is 19.1. The van der Waals surface area contributed by atoms with Gasteiger partial charge in [0, 0.05) is 37.2 Å². The lowest BCUT2D eigenvalue weighted by Gasteiger charge is -2.42. The van der Waals surface area contributed by atoms with Crippen LogP contribution in [0.4, 0.5) is 4.39 Å². The maximum Gasteiger partial charge on any atom is 0.331 e. The van der Waals surface area contributed by atoms with Crippen molar-refractivity contribution in [1.82, 2.24) is 9.80 Å². The van der Waals surface area contributed by atoms with Crippen molar-refractivity contribution in [3.63, 3.8) is 0 Å². The van der Waals surface area contributed by atoms with Crippen LogP contribution < -0.4 is 0 Å². The van der Waals surface area contributed by atoms with Gasteiger partial charge in [0.05, 0.1) is 5.92 Å². The third kappa shape index (κ3) is 4.75. The Morgan fingerprint density at radius 3 is 2.16 bits per heavy atom. The first-order valence-electron chi connectivity index (χ1n) is 12.5. The molecule has 37 heavy (non-hydrogen) atoms. The fourth-order valence-corrected chi connectivity index (χ4v) is 5.72. The van der Waals surface area contributed by atoms with Crippen LogP contribution in [0.15, 0.2) is 84.9 Å². The lowest BCUT2D eigenvalue weighted by molar-refractivity contribution is -0.158. The first kappa shape index (κ1) is 24.7. The predicted molar refractivity (Wildman–Crippen MR) is 139 cm³/mol. The van der Waals surface area contributed by atoms with E-state index in [4.69, 9.17) is 0 Å². The molecule has 2 aliphatic heterocycles. The minimum absolute atomic E-state index is 0.0236. The van der Waals surface area contributed by atoms with Crippen LogP contribution in [0.5, 0.6) is 0 Å². The van der Waals surface area contributed by atoms with Crippen molar-refractivity contribution in [2.45, 2.75) is 43.3 Å². The Morgan fingerprint density at radius 1 is 1.00 bits per heavy atom. The SMILES string of the molecule is CC(CC#Cc1ccc(F)cc1)N1C[C@@]2(C(=O)O)C[C@H]1CN2C(=O)C(c1ccccc1)c1ccccc1. The monoisotopic (exact) mass is 496 g/mol. The number of carbonyl (C=O) groups is 2. The summed E-state index contributed by atoms with van der Waals surface area (Å²) in [6.45, 7) is 2.68. The highest BCUT2D eigenvalue weighted by molar-refractivity contribution is 5.94. The van der Waals surface area contributed by atoms with Crippen LogP contribution in [-0.4, -0.2) is 57.5 Å². The molecule has 2 bridgehead atoms. The summed E-state index contributed by atoms with van der Waals surface area (Å²) in [7, 11) is 0. The fraction of sp³-hybridized carbons (Fsp3) is 0.290. The minimum atomic E-state index is -1.26. The standard InChI is InChI=1S/C31H29FN2O3/c1-22(9-8-10-23-15-17-26(32)18-16-23)33-21-31(30(36)37)19-27(33)20-34(31)29(35)28(24-11-4-2-5-12-24)25-13-6-3-7-14-25/h2-7,11-18,22,27-28H,9,19-21H2,1H3,(H,36,37)/t22?,27-,31+/m0/s1. The second kappa shape index (κ2) is 10.2. The van der Waals surface area contributed by atoms with E-state index in [-0.39, 0.29) is 30.4 Å². The number of halogens is 1. The third-order valence-corrected chi connectivity index (χ3v) is 7.61. The van der Waals surface area contributed by atoms with Gasteiger partial charge in [-0.2, -0.15) is 0 Å². The molecule has 6 heteroatoms. The number of nitrogens with zero attached hydrogens (tertiary/aromatic N) is 2. The first-order chi connectivity index (χ1) is 17.9. The normalized spacial score (nSPS) is 21.5. The molecule has 1 unspecified atom stereocenters. The zero-order valence-electron chi connectivity index (χ0n) is 20.7. The number of likely N-dealkylation sites (tertiary alicyclic amines) is 2. The van der Waals surface area contributed by atoms with Crippen LogP contribution in [0.25, 0.3) is 0 Å². The number of carboxylic acids is 1. The number of rotatable bonds is 6. The van der Waals surface area contributed by atoms with Gasteiger partial charge in [-0.1, -0.05) is 72.5 Å². The highest BCUT2D eigenvalue weighted by Gasteiger charge is 2.62. The van der Waals surface area contributed by atoms with E-state index in [1.54, 1.807) is 17.0 Å². The number of benzene rings is 3. The number of hydrogen-bond donors (Lipinski definition) is 1. The molecule has 5 rings (SSSR count). The van der Waals surface area contributed by atoms with Gasteiger partial charge < -0.3 is 10.0 Å². The number of carboxylic acid groups (broad SMARTS) is 1. The molecule has 188 valence electrons. The topological polar surface area (TPSA) is 60.9 Å². The molecular formula is C31H29FN2O3. The summed E-state index contributed by atoms with van der Waals surface area (Å²) in [5, 5.41) is 10.4. The van der Waals surface area contributed by atoms with Crippen LogP contribution in [0, 0.1) is 17.7 Å². The van der Waals surface area contributed by atoms with Gasteiger partial charge in [-0.15, -0.1) is 0 Å². The van der Waals surface area contributed by atoms with E-state index >= 15 is 0 Å². The molecule has 3 atom stereocenters. The quantitative estimate of drug-likeness (QED) is 0.510. The number of carbonyl (C=O) groups excluding carboxylic acids is 1. The molecule has 2 fully saturated rings. The predicted octanol–water partition coefficient (Wildman–Crippen LogP) is 4.53. The Kier molecular flexibility index (Phi) is 6.82. The molecule has 0 aliphatic carbocycles. The molecule has 3 aromatic rings. The van der Waals surface area contributed by atoms with E-state index < -0.39 is 17.4 Å². The summed E-state index contributed by atoms with van der Waals surface area (Å²) in [4.78, 5) is 30.6. The largest absolute Gasteiger partial charge is 0.479 e. The van der Waals surface area contributed by atoms with Crippen molar-refractivity contribution in [2.75, 3.05) is 13.1 Å². The van der Waals surface area contributed by atoms with E-state index in [1.807, 2.05) is 67.6 Å². The van der Waals surface area contributed by atoms with Gasteiger partial charge in [0.2, 0.25) is 5.91 Å². The van der Waals surface area contributed by atoms with E-state index in [0.717, 1.165) is 16.7 Å². The second-order valence-electron chi connectivity index (χ2n) is 9.93. The molecule has 1 N–H and O–H groups in total. The van der Waals surface area contributed by atoms with Gasteiger partial charge in [-0.05, 0) is 48.7 Å². The van der Waals surface area contributed by atoms with Crippen LogP contribution in [-0.2, 0) is 9.59 Å². The Bertz CT molecular complexity index is 1290. The van der Waals surface area contributed by atoms with Crippen molar-refractivity contribution in [3.05, 3.63) is 107 Å². The van der Waals surface area contributed by atoms with Crippen LogP contribution in [0.3, 0.4) is 0 Å². The molecule has 0 radical (unpaired) electrons. The van der Waals surface area contributed by atoms with Crippen LogP contribution >= 0.6 is 0 Å². The van der Waals surface area contributed by atoms with Crippen LogP contribution in [0.2, 0.25) is 0 Å². The van der Waals surface area contributed by atoms with Crippen LogP contribution in [0.1, 0.15) is 42.4 Å². The van der Waals surface area contributed by atoms with Gasteiger partial charge in [-0.3, -0.25) is 9.69 Å². The Labute approximate surface area is 216 Å². The van der Waals surface area contributed by atoms with Crippen molar-refractivity contribution < 1.29 is 19.1 Å². The van der Waals surface area contributed by atoms with Gasteiger partial charge in [-0.25, -0.2) is 9.18 Å². The van der Waals surface area contributed by atoms with E-state index in [9.17, 15) is 19.1 Å². The number of fused-ring (bicyclic) bond motifs is 2. The molecule has 1 amide bonds. The summed E-state index contributed by atoms with van der Waals surface area (Å²) in [6, 6.07) is 25.1. The maximum absolute atomic E-state index is 14.1. The van der Waals surface area contributed by atoms with Crippen molar-refractivity contribution in [1.29, 1.82) is 0 Å². The maximum atomic E-state index is 14.1. The summed E-state index contributed by atoms with van der Waals surface area (Å²) >= 11 is 0. The number of piperazine rings is 1. The second-order valence-corrected chi connectivity index (χ2v) is 9.93. The molecule has 2 saturated heterocycles. The van der Waals surface area contributed by atoms with Gasteiger partial charge in [0.15, 0.2) is 5.54 Å². The molecule has 0 aromatic heterocycles. The highest BCUT2D eigenvalue weighted by Crippen LogP contribution is 2.44. The Hall–Kier alpha value is -3.95. The van der Waals surface area contributed by atoms with Gasteiger partial charge in [0.25, 0.3) is 0 Å². The fourth-order valence-electron chi connectivity index (χ4n) is 5.72. The van der Waals surface area contributed by atoms with E-state index in [2.05, 4.69) is 16.7 Å². The van der Waals surface area contributed by atoms with Crippen molar-refractivity contribution in [3.8, 4) is 11.8 Å². The molecule has 0 spiro atoms. The average molecular weight is 497 g/mol. The summed E-state index contributed by atoms with van der Waals surface area (Å²) < 4.78 is 13.1. The number of aliphatic carboxylic acids is 1. The molecule has 2 heterocycles. The van der Waals surface area contributed by atoms with Crippen molar-refractivity contribution in [2.24, 2.45) is 0 Å². The zero-order valence-corrected chi connectivity index (χ0v) is 20.7. The summed E-state index contributed by atoms with van der Waals surface area (Å²) in [5.74, 6) is 4.21. The molecular weight excluding hydrogens is 467 g/mol. The van der Waals surface area contributed by atoms with Gasteiger partial charge in [0.1, 0.15) is 5.82 Å². The average Bonchev–Trinajstić information content (AvgIpc) is 3.49. The molecule has 5 nitrogen and oxygen atoms in total. The number of hydrogen-bond acceptors (Lipinski definition) is 3.